The highest BCUT2D eigenvalue weighted by Gasteiger charge is 2.05. The second-order valence-corrected chi connectivity index (χ2v) is 4.84. The Labute approximate surface area is 146 Å². The molecule has 0 saturated heterocycles. The first-order valence-electron chi connectivity index (χ1n) is 9.45. The molecule has 0 atom stereocenters. The van der Waals surface area contributed by atoms with Crippen molar-refractivity contribution in [1.82, 2.24) is 0 Å². The minimum atomic E-state index is 1.25. The van der Waals surface area contributed by atoms with Gasteiger partial charge in [-0.15, -0.1) is 0 Å². The first-order chi connectivity index (χ1) is 11.4. The molecule has 0 aliphatic heterocycles. The van der Waals surface area contributed by atoms with Crippen LogP contribution in [0.25, 0.3) is 0 Å². The van der Waals surface area contributed by atoms with Crippen LogP contribution in [-0.4, -0.2) is 0 Å². The molecular formula is C23H38. The van der Waals surface area contributed by atoms with Crippen molar-refractivity contribution in [2.75, 3.05) is 0 Å². The quantitative estimate of drug-likeness (QED) is 0.467. The molecule has 2 aromatic rings. The zero-order valence-electron chi connectivity index (χ0n) is 16.3. The molecule has 0 heterocycles. The van der Waals surface area contributed by atoms with Crippen LogP contribution in [0.4, 0.5) is 0 Å². The zero-order valence-corrected chi connectivity index (χ0v) is 16.3. The van der Waals surface area contributed by atoms with Gasteiger partial charge in [0.15, 0.2) is 0 Å². The average Bonchev–Trinajstić information content (AvgIpc) is 2.68. The minimum absolute atomic E-state index is 1.25. The molecule has 1 aliphatic carbocycles. The van der Waals surface area contributed by atoms with E-state index in [4.69, 9.17) is 0 Å². The fraction of sp³-hybridized carbons (Fsp3) is 0.478. The Hall–Kier alpha value is -1.56. The van der Waals surface area contributed by atoms with Gasteiger partial charge in [-0.25, -0.2) is 0 Å². The van der Waals surface area contributed by atoms with Crippen molar-refractivity contribution in [2.24, 2.45) is 0 Å². The van der Waals surface area contributed by atoms with Crippen LogP contribution in [0.1, 0.15) is 71.9 Å². The summed E-state index contributed by atoms with van der Waals surface area (Å²) >= 11 is 0. The van der Waals surface area contributed by atoms with Gasteiger partial charge in [-0.3, -0.25) is 0 Å². The van der Waals surface area contributed by atoms with Crippen molar-refractivity contribution in [3.05, 3.63) is 71.8 Å². The van der Waals surface area contributed by atoms with Gasteiger partial charge in [-0.1, -0.05) is 109 Å². The lowest BCUT2D eigenvalue weighted by Gasteiger charge is -2.13. The Kier molecular flexibility index (Phi) is 21.1. The smallest absolute Gasteiger partial charge is 0.0276 e. The molecule has 0 saturated carbocycles. The molecule has 0 unspecified atom stereocenters. The van der Waals surface area contributed by atoms with Crippen LogP contribution in [0.3, 0.4) is 0 Å². The minimum Gasteiger partial charge on any atom is -0.0683 e. The molecule has 3 rings (SSSR count). The van der Waals surface area contributed by atoms with Gasteiger partial charge in [0.05, 0.1) is 0 Å². The highest BCUT2D eigenvalue weighted by atomic mass is 14.1. The Morgan fingerprint density at radius 1 is 0.565 bits per heavy atom. The van der Waals surface area contributed by atoms with E-state index < -0.39 is 0 Å². The number of rotatable bonds is 0. The Balaban J connectivity index is 0. The van der Waals surface area contributed by atoms with Crippen LogP contribution in [0.5, 0.6) is 0 Å². The third-order valence-electron chi connectivity index (χ3n) is 2.93. The number of benzene rings is 2. The van der Waals surface area contributed by atoms with E-state index in [2.05, 4.69) is 38.1 Å². The van der Waals surface area contributed by atoms with Gasteiger partial charge in [0.2, 0.25) is 0 Å². The van der Waals surface area contributed by atoms with Crippen LogP contribution in [0.2, 0.25) is 0 Å². The van der Waals surface area contributed by atoms with E-state index in [1.807, 2.05) is 64.1 Å². The second-order valence-electron chi connectivity index (χ2n) is 4.84. The van der Waals surface area contributed by atoms with Crippen molar-refractivity contribution in [1.29, 1.82) is 0 Å². The maximum absolute atomic E-state index is 2.26. The maximum atomic E-state index is 2.26. The summed E-state index contributed by atoms with van der Waals surface area (Å²) in [6, 6.07) is 20.8. The van der Waals surface area contributed by atoms with Crippen LogP contribution in [0.15, 0.2) is 60.7 Å². The van der Waals surface area contributed by atoms with Crippen molar-refractivity contribution < 1.29 is 0 Å². The molecule has 0 N–H and O–H groups in total. The van der Waals surface area contributed by atoms with E-state index in [0.29, 0.717) is 0 Å². The molecule has 23 heavy (non-hydrogen) atoms. The third kappa shape index (κ3) is 13.8. The third-order valence-corrected chi connectivity index (χ3v) is 2.93. The summed E-state index contributed by atoms with van der Waals surface area (Å²) < 4.78 is 0. The molecule has 2 aromatic carbocycles. The normalized spacial score (nSPS) is 10.5. The van der Waals surface area contributed by atoms with Crippen LogP contribution >= 0.6 is 0 Å². The van der Waals surface area contributed by atoms with Crippen LogP contribution in [0, 0.1) is 0 Å². The van der Waals surface area contributed by atoms with E-state index in [1.54, 1.807) is 11.1 Å². The predicted octanol–water partition coefficient (Wildman–Crippen LogP) is 7.72. The highest BCUT2D eigenvalue weighted by molar-refractivity contribution is 5.28. The fourth-order valence-corrected chi connectivity index (χ4v) is 2.06. The first kappa shape index (κ1) is 23.7. The topological polar surface area (TPSA) is 0 Å². The average molecular weight is 315 g/mol. The van der Waals surface area contributed by atoms with Gasteiger partial charge in [-0.05, 0) is 36.8 Å². The summed E-state index contributed by atoms with van der Waals surface area (Å²) in [5, 5.41) is 0. The Morgan fingerprint density at radius 3 is 1.09 bits per heavy atom. The monoisotopic (exact) mass is 314 g/mol. The van der Waals surface area contributed by atoms with E-state index >= 15 is 0 Å². The van der Waals surface area contributed by atoms with Crippen molar-refractivity contribution in [3.8, 4) is 0 Å². The SMILES string of the molecule is CC.CC.CCC.c1ccc2c(c1)CCCC2.c1ccccc1. The predicted molar refractivity (Wildman–Crippen MR) is 108 cm³/mol. The molecule has 0 aromatic heterocycles. The fourth-order valence-electron chi connectivity index (χ4n) is 2.06. The van der Waals surface area contributed by atoms with Gasteiger partial charge >= 0.3 is 0 Å². The van der Waals surface area contributed by atoms with Gasteiger partial charge in [0.25, 0.3) is 0 Å². The molecular weight excluding hydrogens is 276 g/mol. The number of aryl methyl sites for hydroxylation is 2. The number of hydrogen-bond acceptors (Lipinski definition) is 0. The van der Waals surface area contributed by atoms with E-state index in [-0.39, 0.29) is 0 Å². The molecule has 1 aliphatic rings. The molecule has 0 heteroatoms. The van der Waals surface area contributed by atoms with Gasteiger partial charge in [0.1, 0.15) is 0 Å². The number of hydrogen-bond donors (Lipinski definition) is 0. The molecule has 0 bridgehead atoms. The summed E-state index contributed by atoms with van der Waals surface area (Å²) in [5.74, 6) is 0. The van der Waals surface area contributed by atoms with Crippen molar-refractivity contribution in [2.45, 2.75) is 73.6 Å². The van der Waals surface area contributed by atoms with E-state index in [0.717, 1.165) is 0 Å². The van der Waals surface area contributed by atoms with Gasteiger partial charge in [-0.2, -0.15) is 0 Å². The molecule has 0 radical (unpaired) electrons. The summed E-state index contributed by atoms with van der Waals surface area (Å²) in [5.41, 5.74) is 3.16. The van der Waals surface area contributed by atoms with Crippen molar-refractivity contribution in [3.63, 3.8) is 0 Å². The van der Waals surface area contributed by atoms with Crippen molar-refractivity contribution >= 4 is 0 Å². The molecule has 0 amide bonds. The standard InChI is InChI=1S/C10H12.C6H6.C3H8.2C2H6/c1-2-6-10-8-4-3-7-9(10)5-1;1-2-4-6-5-3-1;1-3-2;2*1-2/h1-2,5-6H,3-4,7-8H2;1-6H;3H2,1-2H3;2*1-2H3. The van der Waals surface area contributed by atoms with Crippen LogP contribution in [-0.2, 0) is 12.8 Å². The van der Waals surface area contributed by atoms with Crippen LogP contribution < -0.4 is 0 Å². The molecule has 0 spiro atoms. The molecule has 0 fully saturated rings. The van der Waals surface area contributed by atoms with E-state index in [1.165, 1.54) is 32.1 Å². The lowest BCUT2D eigenvalue weighted by atomic mass is 9.92. The molecule has 0 nitrogen and oxygen atoms in total. The summed E-state index contributed by atoms with van der Waals surface area (Å²) in [7, 11) is 0. The molecule has 130 valence electrons. The largest absolute Gasteiger partial charge is 0.0683 e. The lowest BCUT2D eigenvalue weighted by Crippen LogP contribution is -2.00. The first-order valence-corrected chi connectivity index (χ1v) is 9.45. The van der Waals surface area contributed by atoms with Gasteiger partial charge < -0.3 is 0 Å². The zero-order chi connectivity index (χ0) is 17.8. The van der Waals surface area contributed by atoms with Gasteiger partial charge in [0, 0.05) is 0 Å². The second kappa shape index (κ2) is 20.4. The summed E-state index contributed by atoms with van der Waals surface area (Å²) in [6.45, 7) is 12.2. The van der Waals surface area contributed by atoms with E-state index in [9.17, 15) is 0 Å². The lowest BCUT2D eigenvalue weighted by molar-refractivity contribution is 0.685. The Morgan fingerprint density at radius 2 is 0.826 bits per heavy atom. The maximum Gasteiger partial charge on any atom is -0.0276 e. The Bertz CT molecular complexity index is 365. The summed E-state index contributed by atoms with van der Waals surface area (Å²) in [6.07, 6.45) is 6.63. The highest BCUT2D eigenvalue weighted by Crippen LogP contribution is 2.19. The summed E-state index contributed by atoms with van der Waals surface area (Å²) in [4.78, 5) is 0. The number of fused-ring (bicyclic) bond motifs is 1.